The number of likely N-dealkylation sites (tertiary alicyclic amines) is 2. The van der Waals surface area contributed by atoms with Crippen LogP contribution in [0.3, 0.4) is 0 Å². The molecule has 4 fully saturated rings. The molecule has 10 rings (SSSR count). The molecule has 2 unspecified atom stereocenters. The molecule has 5 aliphatic rings. The second-order valence-corrected chi connectivity index (χ2v) is 23.5. The Balaban J connectivity index is 0.685. The second kappa shape index (κ2) is 24.2. The number of β-amino-alcohol motifs (C(OH)–C–C–N with tert-alkyl or cyclic N) is 1. The third kappa shape index (κ3) is 12.6. The van der Waals surface area contributed by atoms with Crippen molar-refractivity contribution in [2.75, 3.05) is 50.8 Å². The monoisotopic (exact) mass is 1100 g/mol. The molecule has 426 valence electrons. The Kier molecular flexibility index (Phi) is 16.9. The van der Waals surface area contributed by atoms with Crippen LogP contribution in [0.5, 0.6) is 23.3 Å². The summed E-state index contributed by atoms with van der Waals surface area (Å²) in [6, 6.07) is 12.9. The molecule has 0 radical (unpaired) electrons. The number of nitrogens with one attached hydrogen (secondary N) is 3. The van der Waals surface area contributed by atoms with Crippen LogP contribution in [-0.4, -0.2) is 151 Å². The molecule has 5 atom stereocenters. The molecule has 0 spiro atoms. The zero-order valence-electron chi connectivity index (χ0n) is 46.7. The number of terminal acetylenes is 1. The normalized spacial score (nSPS) is 20.7. The van der Waals surface area contributed by atoms with Crippen LogP contribution in [0.4, 0.5) is 5.82 Å². The highest BCUT2D eigenvalue weighted by Crippen LogP contribution is 2.44. The van der Waals surface area contributed by atoms with Gasteiger partial charge in [-0.15, -0.1) is 6.42 Å². The highest BCUT2D eigenvalue weighted by atomic mass is 16.5. The van der Waals surface area contributed by atoms with Gasteiger partial charge in [-0.2, -0.15) is 9.97 Å². The van der Waals surface area contributed by atoms with Gasteiger partial charge in [0.15, 0.2) is 5.75 Å². The van der Waals surface area contributed by atoms with E-state index in [1.807, 2.05) is 58.2 Å². The summed E-state index contributed by atoms with van der Waals surface area (Å²) in [7, 11) is 0. The Morgan fingerprint density at radius 1 is 0.926 bits per heavy atom. The minimum atomic E-state index is -0.936. The molecule has 81 heavy (non-hydrogen) atoms. The molecular formula is C62H74N10O9. The molecule has 5 aromatic rings. The molecule has 19 heteroatoms. The molecular weight excluding hydrogens is 1030 g/mol. The summed E-state index contributed by atoms with van der Waals surface area (Å²) >= 11 is 0. The smallest absolute Gasteiger partial charge is 0.319 e. The SMILES string of the molecule is C#Cc1c(O)ccc2cc(O)cc(-c3ncc4c(N5CC6CCC(C5)N6)nc(OCCCN5CCC(C(=O)CCCCC(=O)N[C@H](C(=O)N6C[C@H](O)C[C@H]6C(=O)NCc6ccc(C7=C(C)N=CC7)cc6)C(C)(C)C)CC5)nc4c3O)c12. The largest absolute Gasteiger partial charge is 0.508 e. The Labute approximate surface area is 472 Å². The number of nitrogens with zero attached hydrogens (tertiary/aromatic N) is 7. The van der Waals surface area contributed by atoms with Crippen molar-refractivity contribution < 1.29 is 44.3 Å². The Hall–Kier alpha value is -7.66. The van der Waals surface area contributed by atoms with E-state index >= 15 is 0 Å². The number of Topliss-reactive ketones (excluding diaryl/α,β-unsaturated/α-hetero) is 1. The number of aromatic nitrogens is 3. The van der Waals surface area contributed by atoms with Gasteiger partial charge in [-0.3, -0.25) is 29.2 Å². The molecule has 3 aromatic carbocycles. The summed E-state index contributed by atoms with van der Waals surface area (Å²) < 4.78 is 6.25. The van der Waals surface area contributed by atoms with E-state index in [-0.39, 0.29) is 89.5 Å². The fraction of sp³-hybridized carbons (Fsp3) is 0.484. The first-order valence-corrected chi connectivity index (χ1v) is 28.5. The lowest BCUT2D eigenvalue weighted by Crippen LogP contribution is -2.57. The number of allylic oxidation sites excluding steroid dienone is 2. The number of carbonyl (C=O) groups excluding carboxylic acids is 4. The van der Waals surface area contributed by atoms with Crippen molar-refractivity contribution in [1.82, 2.24) is 40.7 Å². The van der Waals surface area contributed by atoms with Gasteiger partial charge < -0.3 is 55.8 Å². The number of aliphatic hydroxyl groups is 1. The van der Waals surface area contributed by atoms with Crippen LogP contribution >= 0.6 is 0 Å². The number of unbranched alkanes of at least 4 members (excludes halogenated alkanes) is 1. The predicted molar refractivity (Wildman–Crippen MR) is 310 cm³/mol. The summed E-state index contributed by atoms with van der Waals surface area (Å²) in [5.74, 6) is 1.77. The number of piperazine rings is 1. The molecule has 19 nitrogen and oxygen atoms in total. The van der Waals surface area contributed by atoms with E-state index in [1.165, 1.54) is 28.7 Å². The molecule has 2 aromatic heterocycles. The Morgan fingerprint density at radius 2 is 1.67 bits per heavy atom. The summed E-state index contributed by atoms with van der Waals surface area (Å²) in [6.07, 6.45) is 15.1. The average Bonchev–Trinajstić information content (AvgIpc) is 4.36. The topological polar surface area (TPSA) is 255 Å². The number of amides is 3. The number of carbonyl (C=O) groups is 4. The van der Waals surface area contributed by atoms with Crippen LogP contribution in [0.15, 0.2) is 65.4 Å². The lowest BCUT2D eigenvalue weighted by molar-refractivity contribution is -0.144. The number of phenols is 2. The number of hydrogen-bond donors (Lipinski definition) is 7. The summed E-state index contributed by atoms with van der Waals surface area (Å²) in [5, 5.41) is 55.2. The number of ether oxygens (including phenoxy) is 1. The van der Waals surface area contributed by atoms with Crippen molar-refractivity contribution in [3.63, 3.8) is 0 Å². The number of hydrogen-bond acceptors (Lipinski definition) is 16. The minimum absolute atomic E-state index is 0.0133. The van der Waals surface area contributed by atoms with Crippen LogP contribution in [0.1, 0.15) is 115 Å². The maximum Gasteiger partial charge on any atom is 0.319 e. The fourth-order valence-corrected chi connectivity index (χ4v) is 12.3. The third-order valence-electron chi connectivity index (χ3n) is 16.7. The van der Waals surface area contributed by atoms with Crippen LogP contribution in [0, 0.1) is 23.7 Å². The van der Waals surface area contributed by atoms with Crippen molar-refractivity contribution in [1.29, 1.82) is 0 Å². The molecule has 0 saturated carbocycles. The van der Waals surface area contributed by atoms with Crippen molar-refractivity contribution in [3.05, 3.63) is 77.1 Å². The van der Waals surface area contributed by atoms with E-state index < -0.39 is 29.5 Å². The first-order valence-electron chi connectivity index (χ1n) is 28.5. The van der Waals surface area contributed by atoms with Gasteiger partial charge in [0.25, 0.3) is 0 Å². The molecule has 7 heterocycles. The van der Waals surface area contributed by atoms with E-state index in [9.17, 15) is 39.6 Å². The van der Waals surface area contributed by atoms with Gasteiger partial charge in [0, 0.05) is 105 Å². The summed E-state index contributed by atoms with van der Waals surface area (Å²) in [4.78, 5) is 79.1. The number of pyridine rings is 1. The van der Waals surface area contributed by atoms with Crippen molar-refractivity contribution in [3.8, 4) is 46.9 Å². The number of anilines is 1. The van der Waals surface area contributed by atoms with Crippen molar-refractivity contribution in [2.45, 2.75) is 135 Å². The van der Waals surface area contributed by atoms with Gasteiger partial charge in [-0.1, -0.05) is 57.0 Å². The molecule has 0 aliphatic carbocycles. The maximum absolute atomic E-state index is 14.2. The van der Waals surface area contributed by atoms with E-state index in [0.717, 1.165) is 81.7 Å². The number of benzene rings is 3. The van der Waals surface area contributed by atoms with E-state index in [0.29, 0.717) is 71.9 Å². The van der Waals surface area contributed by atoms with Gasteiger partial charge in [-0.25, -0.2) is 0 Å². The number of aliphatic hydroxyl groups excluding tert-OH is 1. The number of aromatic hydroxyl groups is 3. The van der Waals surface area contributed by atoms with Gasteiger partial charge >= 0.3 is 6.01 Å². The quantitative estimate of drug-likeness (QED) is 0.0344. The Bertz CT molecular complexity index is 3310. The number of ketones is 1. The summed E-state index contributed by atoms with van der Waals surface area (Å²) in [5.41, 5.74) is 4.36. The maximum atomic E-state index is 14.2. The van der Waals surface area contributed by atoms with Crippen LogP contribution in [0.25, 0.3) is 38.5 Å². The zero-order chi connectivity index (χ0) is 57.1. The predicted octanol–water partition coefficient (Wildman–Crippen LogP) is 6.51. The lowest BCUT2D eigenvalue weighted by Gasteiger charge is -2.35. The highest BCUT2D eigenvalue weighted by Gasteiger charge is 2.44. The molecule has 7 N–H and O–H groups in total. The standard InChI is InChI=1S/C62H74N10O9/c1-6-45-51(76)19-16-40-28-43(73)29-47(53(40)45)54-56(78)55-48(32-64-54)58(71-33-41-17-18-42(34-71)66-41)69-61(68-55)81-27-9-24-70-25-21-39(22-26-70)50(75)10-7-8-11-52(77)67-57(62(3,4)5)60(80)72-35-44(74)30-49(72)59(79)65-31-37-12-14-38(15-13-37)46-20-23-63-36(46)2/h1,12-16,19,23,28-29,32,39,41-42,44,49,57,66,73-74,76,78H,7-11,17-18,20-22,24-27,30-31,33-35H2,2-5H3,(H,65,79)(H,67,77)/t41?,42?,44-,49+,57-/m1/s1. The highest BCUT2D eigenvalue weighted by molar-refractivity contribution is 6.06. The molecule has 3 amide bonds. The lowest BCUT2D eigenvalue weighted by atomic mass is 9.85. The average molecular weight is 1100 g/mol. The van der Waals surface area contributed by atoms with Crippen LogP contribution in [-0.2, 0) is 25.7 Å². The third-order valence-corrected chi connectivity index (χ3v) is 16.7. The van der Waals surface area contributed by atoms with Crippen LogP contribution < -0.4 is 25.6 Å². The molecule has 5 aliphatic heterocycles. The van der Waals surface area contributed by atoms with Gasteiger partial charge in [0.1, 0.15) is 46.4 Å². The second-order valence-electron chi connectivity index (χ2n) is 23.5. The van der Waals surface area contributed by atoms with E-state index in [1.54, 1.807) is 12.3 Å². The van der Waals surface area contributed by atoms with E-state index in [4.69, 9.17) is 26.1 Å². The van der Waals surface area contributed by atoms with Gasteiger partial charge in [0.2, 0.25) is 17.7 Å². The van der Waals surface area contributed by atoms with Gasteiger partial charge in [-0.05, 0) is 111 Å². The van der Waals surface area contributed by atoms with Crippen molar-refractivity contribution >= 4 is 62.8 Å². The van der Waals surface area contributed by atoms with E-state index in [2.05, 4.69) is 36.7 Å². The van der Waals surface area contributed by atoms with Crippen LogP contribution in [0.2, 0.25) is 0 Å². The minimum Gasteiger partial charge on any atom is -0.508 e. The number of phenolic OH excluding ortho intramolecular Hbond substituents is 2. The van der Waals surface area contributed by atoms with Gasteiger partial charge in [0.05, 0.1) is 23.7 Å². The number of fused-ring (bicyclic) bond motifs is 4. The zero-order valence-corrected chi connectivity index (χ0v) is 46.7. The first kappa shape index (κ1) is 56.6. The summed E-state index contributed by atoms with van der Waals surface area (Å²) in [6.45, 7) is 11.8. The number of aliphatic imine (C=N–C) groups is 1. The number of piperidine rings is 1. The fourth-order valence-electron chi connectivity index (χ4n) is 12.3. The Morgan fingerprint density at radius 3 is 2.37 bits per heavy atom. The van der Waals surface area contributed by atoms with Crippen molar-refractivity contribution in [2.24, 2.45) is 16.3 Å². The first-order chi connectivity index (χ1) is 38.9. The molecule has 4 saturated heterocycles. The molecule has 2 bridgehead atoms. The number of rotatable bonds is 19.